The van der Waals surface area contributed by atoms with Gasteiger partial charge >= 0.3 is 17.9 Å². The van der Waals surface area contributed by atoms with Crippen molar-refractivity contribution in [3.8, 4) is 0 Å². The van der Waals surface area contributed by atoms with Gasteiger partial charge in [-0.25, -0.2) is 0 Å². The predicted octanol–water partition coefficient (Wildman–Crippen LogP) is 20.5. The minimum absolute atomic E-state index is 0.0971. The van der Waals surface area contributed by atoms with Crippen molar-refractivity contribution in [2.24, 2.45) is 0 Å². The van der Waals surface area contributed by atoms with E-state index in [-0.39, 0.29) is 37.5 Å². The highest BCUT2D eigenvalue weighted by molar-refractivity contribution is 5.71. The molecule has 0 saturated heterocycles. The second-order valence-corrected chi connectivity index (χ2v) is 20.3. The summed E-state index contributed by atoms with van der Waals surface area (Å²) in [5.74, 6) is -0.949. The van der Waals surface area contributed by atoms with E-state index in [0.29, 0.717) is 19.3 Å². The van der Waals surface area contributed by atoms with Gasteiger partial charge in [0.15, 0.2) is 6.10 Å². The number of rotatable bonds is 55. The van der Waals surface area contributed by atoms with Crippen LogP contribution in [-0.4, -0.2) is 37.2 Å². The summed E-state index contributed by atoms with van der Waals surface area (Å²) < 4.78 is 16.9. The Kier molecular flexibility index (Phi) is 56.8. The van der Waals surface area contributed by atoms with Crippen LogP contribution < -0.4 is 0 Å². The Hall–Kier alpha value is -3.15. The first-order valence-electron chi connectivity index (χ1n) is 30.4. The van der Waals surface area contributed by atoms with Crippen LogP contribution in [0, 0.1) is 0 Å². The van der Waals surface area contributed by atoms with Crippen LogP contribution in [0.3, 0.4) is 0 Å². The molecule has 0 heterocycles. The molecule has 0 radical (unpaired) electrons. The lowest BCUT2D eigenvalue weighted by molar-refractivity contribution is -0.167. The van der Waals surface area contributed by atoms with Crippen molar-refractivity contribution in [3.63, 3.8) is 0 Å². The van der Waals surface area contributed by atoms with Crippen LogP contribution in [0.2, 0.25) is 0 Å². The quantitative estimate of drug-likeness (QED) is 0.0261. The highest BCUT2D eigenvalue weighted by atomic mass is 16.6. The van der Waals surface area contributed by atoms with E-state index in [0.717, 1.165) is 77.0 Å². The third-order valence-electron chi connectivity index (χ3n) is 13.2. The second-order valence-electron chi connectivity index (χ2n) is 20.3. The average molecular weight is 992 g/mol. The Morgan fingerprint density at radius 3 is 0.859 bits per heavy atom. The van der Waals surface area contributed by atoms with Crippen molar-refractivity contribution in [3.05, 3.63) is 72.9 Å². The van der Waals surface area contributed by atoms with E-state index in [1.807, 2.05) is 0 Å². The molecule has 0 amide bonds. The molecule has 0 aliphatic carbocycles. The molecule has 0 rings (SSSR count). The Balaban J connectivity index is 4.44. The van der Waals surface area contributed by atoms with Gasteiger partial charge in [-0.15, -0.1) is 0 Å². The Bertz CT molecular complexity index is 1320. The Morgan fingerprint density at radius 2 is 0.521 bits per heavy atom. The second kappa shape index (κ2) is 59.4. The molecule has 71 heavy (non-hydrogen) atoms. The molecule has 0 aliphatic rings. The van der Waals surface area contributed by atoms with Crippen molar-refractivity contribution >= 4 is 17.9 Å². The largest absolute Gasteiger partial charge is 0.462 e. The molecule has 0 spiro atoms. The van der Waals surface area contributed by atoms with Gasteiger partial charge in [-0.3, -0.25) is 14.4 Å². The van der Waals surface area contributed by atoms with Crippen LogP contribution in [-0.2, 0) is 28.6 Å². The molecule has 0 aromatic heterocycles. The smallest absolute Gasteiger partial charge is 0.306 e. The maximum atomic E-state index is 12.9. The first-order valence-corrected chi connectivity index (χ1v) is 30.4. The first-order chi connectivity index (χ1) is 35.0. The Morgan fingerprint density at radius 1 is 0.282 bits per heavy atom. The van der Waals surface area contributed by atoms with E-state index in [1.165, 1.54) is 180 Å². The van der Waals surface area contributed by atoms with Crippen LogP contribution in [0.15, 0.2) is 72.9 Å². The molecule has 410 valence electrons. The van der Waals surface area contributed by atoms with Gasteiger partial charge in [0, 0.05) is 19.3 Å². The predicted molar refractivity (Wildman–Crippen MR) is 307 cm³/mol. The van der Waals surface area contributed by atoms with E-state index in [1.54, 1.807) is 0 Å². The summed E-state index contributed by atoms with van der Waals surface area (Å²) in [4.78, 5) is 38.2. The molecule has 0 aromatic carbocycles. The molecule has 0 aliphatic heterocycles. The topological polar surface area (TPSA) is 78.9 Å². The summed E-state index contributed by atoms with van der Waals surface area (Å²) in [6.45, 7) is 6.57. The lowest BCUT2D eigenvalue weighted by Crippen LogP contribution is -2.30. The maximum Gasteiger partial charge on any atom is 0.306 e. The van der Waals surface area contributed by atoms with Gasteiger partial charge in [0.25, 0.3) is 0 Å². The summed E-state index contributed by atoms with van der Waals surface area (Å²) in [6.07, 6.45) is 76.1. The minimum atomic E-state index is -0.807. The summed E-state index contributed by atoms with van der Waals surface area (Å²) >= 11 is 0. The van der Waals surface area contributed by atoms with Gasteiger partial charge in [-0.05, 0) is 89.9 Å². The standard InChI is InChI=1S/C65H114O6/c1-4-7-10-13-16-19-22-25-28-31-32-35-37-40-43-46-49-52-55-58-64(67)70-61-62(71-65(68)59-56-53-50-47-44-41-38-34-30-27-24-21-18-15-12-9-6-3)60-69-63(66)57-54-51-48-45-42-39-36-33-29-26-23-20-17-14-11-8-5-2/h17-18,20-21,26-27,29-30,38,41,47,50,62H,4-16,19,22-25,28,31-37,39-40,42-46,48-49,51-61H2,1-3H3/b20-17-,21-18-,29-26-,30-27-,41-38-,50-47-. The van der Waals surface area contributed by atoms with Crippen LogP contribution in [0.1, 0.15) is 303 Å². The van der Waals surface area contributed by atoms with Crippen LogP contribution in [0.4, 0.5) is 0 Å². The van der Waals surface area contributed by atoms with E-state index >= 15 is 0 Å². The summed E-state index contributed by atoms with van der Waals surface area (Å²) in [6, 6.07) is 0. The van der Waals surface area contributed by atoms with Crippen LogP contribution in [0.25, 0.3) is 0 Å². The van der Waals surface area contributed by atoms with Gasteiger partial charge in [-0.2, -0.15) is 0 Å². The number of carbonyl (C=O) groups excluding carboxylic acids is 3. The number of hydrogen-bond donors (Lipinski definition) is 0. The molecule has 0 bridgehead atoms. The number of unbranched alkanes of at least 4 members (excludes halogenated alkanes) is 32. The van der Waals surface area contributed by atoms with Gasteiger partial charge in [-0.1, -0.05) is 267 Å². The molecule has 1 unspecified atom stereocenters. The molecular weight excluding hydrogens is 877 g/mol. The van der Waals surface area contributed by atoms with Crippen molar-refractivity contribution in [1.29, 1.82) is 0 Å². The van der Waals surface area contributed by atoms with E-state index in [4.69, 9.17) is 14.2 Å². The van der Waals surface area contributed by atoms with E-state index in [9.17, 15) is 14.4 Å². The molecule has 0 fully saturated rings. The molecule has 6 nitrogen and oxygen atoms in total. The summed E-state index contributed by atoms with van der Waals surface area (Å²) in [7, 11) is 0. The lowest BCUT2D eigenvalue weighted by atomic mass is 10.0. The fourth-order valence-electron chi connectivity index (χ4n) is 8.58. The average Bonchev–Trinajstić information content (AvgIpc) is 3.37. The van der Waals surface area contributed by atoms with Crippen molar-refractivity contribution in [2.45, 2.75) is 309 Å². The van der Waals surface area contributed by atoms with Crippen LogP contribution in [0.5, 0.6) is 0 Å². The van der Waals surface area contributed by atoms with Gasteiger partial charge in [0.05, 0.1) is 0 Å². The molecule has 0 saturated carbocycles. The maximum absolute atomic E-state index is 12.9. The molecule has 0 N–H and O–H groups in total. The third-order valence-corrected chi connectivity index (χ3v) is 13.2. The lowest BCUT2D eigenvalue weighted by Gasteiger charge is -2.18. The summed E-state index contributed by atoms with van der Waals surface area (Å²) in [5, 5.41) is 0. The van der Waals surface area contributed by atoms with Crippen molar-refractivity contribution in [2.75, 3.05) is 13.2 Å². The Labute approximate surface area is 440 Å². The fourth-order valence-corrected chi connectivity index (χ4v) is 8.58. The SMILES string of the molecule is CCCCC/C=C\C/C=C\C/C=C\C/C=C\CCCC(=O)OC(COC(=O)CCCCCCCCC/C=C\C/C=C\CCCCC)COC(=O)CCCCCCCCCCCCCCCCCCCCC. The number of carbonyl (C=O) groups is 3. The van der Waals surface area contributed by atoms with Crippen molar-refractivity contribution in [1.82, 2.24) is 0 Å². The van der Waals surface area contributed by atoms with Gasteiger partial charge in [0.2, 0.25) is 0 Å². The zero-order valence-corrected chi connectivity index (χ0v) is 47.0. The number of ether oxygens (including phenoxy) is 3. The van der Waals surface area contributed by atoms with Crippen molar-refractivity contribution < 1.29 is 28.6 Å². The third kappa shape index (κ3) is 57.6. The first kappa shape index (κ1) is 67.8. The number of esters is 3. The fraction of sp³-hybridized carbons (Fsp3) is 0.769. The summed E-state index contributed by atoms with van der Waals surface area (Å²) in [5.41, 5.74) is 0. The number of hydrogen-bond acceptors (Lipinski definition) is 6. The zero-order valence-electron chi connectivity index (χ0n) is 47.0. The highest BCUT2D eigenvalue weighted by Gasteiger charge is 2.19. The van der Waals surface area contributed by atoms with Gasteiger partial charge in [0.1, 0.15) is 13.2 Å². The molecule has 1 atom stereocenters. The van der Waals surface area contributed by atoms with E-state index < -0.39 is 6.10 Å². The van der Waals surface area contributed by atoms with Gasteiger partial charge < -0.3 is 14.2 Å². The number of allylic oxidation sites excluding steroid dienone is 12. The van der Waals surface area contributed by atoms with E-state index in [2.05, 4.69) is 93.7 Å². The zero-order chi connectivity index (χ0) is 51.4. The van der Waals surface area contributed by atoms with Crippen LogP contribution >= 0.6 is 0 Å². The monoisotopic (exact) mass is 991 g/mol. The normalized spacial score (nSPS) is 12.5. The molecular formula is C65H114O6. The molecule has 6 heteroatoms. The highest BCUT2D eigenvalue weighted by Crippen LogP contribution is 2.16. The minimum Gasteiger partial charge on any atom is -0.462 e. The molecule has 0 aromatic rings.